The van der Waals surface area contributed by atoms with E-state index in [2.05, 4.69) is 21.2 Å². The van der Waals surface area contributed by atoms with E-state index in [0.717, 1.165) is 5.56 Å². The molecule has 0 atom stereocenters. The number of benzene rings is 2. The number of carbonyl (C=O) groups is 2. The van der Waals surface area contributed by atoms with Crippen LogP contribution in [0, 0.1) is 0 Å². The molecule has 6 nitrogen and oxygen atoms in total. The van der Waals surface area contributed by atoms with Gasteiger partial charge in [-0.2, -0.15) is 0 Å². The van der Waals surface area contributed by atoms with E-state index in [-0.39, 0.29) is 18.1 Å². The van der Waals surface area contributed by atoms with E-state index < -0.39 is 5.97 Å². The molecule has 2 rings (SSSR count). The number of amides is 1. The minimum atomic E-state index is -0.640. The molecule has 2 aromatic rings. The van der Waals surface area contributed by atoms with E-state index in [1.54, 1.807) is 0 Å². The molecule has 2 aromatic carbocycles. The Labute approximate surface area is 154 Å². The first-order valence-electron chi connectivity index (χ1n) is 7.44. The summed E-state index contributed by atoms with van der Waals surface area (Å²) >= 11 is 3.32. The Morgan fingerprint density at radius 3 is 2.20 bits per heavy atom. The smallest absolute Gasteiger partial charge is 0.338 e. The second kappa shape index (κ2) is 9.08. The first-order chi connectivity index (χ1) is 12.0. The highest BCUT2D eigenvalue weighted by molar-refractivity contribution is 9.10. The van der Waals surface area contributed by atoms with E-state index in [1.165, 1.54) is 26.4 Å². The van der Waals surface area contributed by atoms with Gasteiger partial charge in [0.25, 0.3) is 5.91 Å². The lowest BCUT2D eigenvalue weighted by molar-refractivity contribution is -0.124. The third-order valence-corrected chi connectivity index (χ3v) is 4.13. The molecule has 25 heavy (non-hydrogen) atoms. The largest absolute Gasteiger partial charge is 0.495 e. The summed E-state index contributed by atoms with van der Waals surface area (Å²) in [5, 5.41) is 2.69. The molecule has 7 heteroatoms. The monoisotopic (exact) mass is 407 g/mol. The van der Waals surface area contributed by atoms with Crippen molar-refractivity contribution in [2.45, 2.75) is 6.54 Å². The number of methoxy groups -OCH3 is 2. The molecular formula is C18H18BrNO5. The van der Waals surface area contributed by atoms with Gasteiger partial charge < -0.3 is 19.5 Å². The van der Waals surface area contributed by atoms with Crippen LogP contribution in [0.5, 0.6) is 11.5 Å². The van der Waals surface area contributed by atoms with E-state index in [9.17, 15) is 9.59 Å². The van der Waals surface area contributed by atoms with Crippen molar-refractivity contribution in [2.75, 3.05) is 20.8 Å². The number of ether oxygens (including phenoxy) is 3. The first kappa shape index (κ1) is 18.8. The molecule has 0 saturated carbocycles. The Kier molecular flexibility index (Phi) is 6.82. The van der Waals surface area contributed by atoms with E-state index >= 15 is 0 Å². The van der Waals surface area contributed by atoms with Crippen molar-refractivity contribution < 1.29 is 23.8 Å². The normalized spacial score (nSPS) is 10.0. The van der Waals surface area contributed by atoms with Crippen LogP contribution >= 0.6 is 15.9 Å². The number of hydrogen-bond acceptors (Lipinski definition) is 5. The van der Waals surface area contributed by atoms with E-state index in [0.29, 0.717) is 22.5 Å². The van der Waals surface area contributed by atoms with Gasteiger partial charge in [0.2, 0.25) is 0 Å². The van der Waals surface area contributed by atoms with Crippen LogP contribution in [0.4, 0.5) is 0 Å². The maximum absolute atomic E-state index is 12.1. The molecule has 1 amide bonds. The van der Waals surface area contributed by atoms with E-state index in [1.807, 2.05) is 30.3 Å². The summed E-state index contributed by atoms with van der Waals surface area (Å²) in [4.78, 5) is 23.9. The maximum atomic E-state index is 12.1. The summed E-state index contributed by atoms with van der Waals surface area (Å²) in [7, 11) is 2.96. The van der Waals surface area contributed by atoms with Crippen LogP contribution in [0.1, 0.15) is 15.9 Å². The standard InChI is InChI=1S/C18H18BrNO5/c1-23-14-8-13(9-15(24-2)17(14)19)18(22)25-11-16(21)20-10-12-6-4-3-5-7-12/h3-9H,10-11H2,1-2H3,(H,20,21). The molecule has 132 valence electrons. The van der Waals surface area contributed by atoms with Gasteiger partial charge in [-0.25, -0.2) is 4.79 Å². The fourth-order valence-corrected chi connectivity index (χ4v) is 2.60. The summed E-state index contributed by atoms with van der Waals surface area (Å²) in [5.74, 6) is -0.160. The quantitative estimate of drug-likeness (QED) is 0.714. The maximum Gasteiger partial charge on any atom is 0.338 e. The van der Waals surface area contributed by atoms with Crippen molar-refractivity contribution in [3.63, 3.8) is 0 Å². The van der Waals surface area contributed by atoms with Crippen molar-refractivity contribution in [1.29, 1.82) is 0 Å². The third kappa shape index (κ3) is 5.22. The Morgan fingerprint density at radius 1 is 1.04 bits per heavy atom. The second-order valence-electron chi connectivity index (χ2n) is 5.03. The molecule has 0 aliphatic carbocycles. The number of esters is 1. The van der Waals surface area contributed by atoms with Gasteiger partial charge in [-0.3, -0.25) is 4.79 Å². The van der Waals surface area contributed by atoms with Crippen LogP contribution in [0.3, 0.4) is 0 Å². The molecule has 0 spiro atoms. The number of carbonyl (C=O) groups excluding carboxylic acids is 2. The van der Waals surface area contributed by atoms with Gasteiger partial charge in [0.15, 0.2) is 6.61 Å². The van der Waals surface area contributed by atoms with Gasteiger partial charge in [-0.15, -0.1) is 0 Å². The summed E-state index contributed by atoms with van der Waals surface area (Å²) in [5.41, 5.74) is 1.19. The molecule has 0 aliphatic heterocycles. The summed E-state index contributed by atoms with van der Waals surface area (Å²) in [6.45, 7) is 0.00349. The summed E-state index contributed by atoms with van der Waals surface area (Å²) < 4.78 is 16.0. The lowest BCUT2D eigenvalue weighted by Gasteiger charge is -2.11. The molecule has 1 N–H and O–H groups in total. The molecule has 0 bridgehead atoms. The molecule has 0 fully saturated rings. The van der Waals surface area contributed by atoms with Gasteiger partial charge in [0.1, 0.15) is 16.0 Å². The zero-order valence-corrected chi connectivity index (χ0v) is 15.5. The van der Waals surface area contributed by atoms with Crippen LogP contribution in [0.25, 0.3) is 0 Å². The van der Waals surface area contributed by atoms with Crippen molar-refractivity contribution in [1.82, 2.24) is 5.32 Å². The van der Waals surface area contributed by atoms with Crippen molar-refractivity contribution >= 4 is 27.8 Å². The molecule has 0 aromatic heterocycles. The number of nitrogens with one attached hydrogen (secondary N) is 1. The fourth-order valence-electron chi connectivity index (χ4n) is 2.05. The average molecular weight is 408 g/mol. The Bertz CT molecular complexity index is 723. The van der Waals surface area contributed by atoms with Crippen LogP contribution in [-0.4, -0.2) is 32.7 Å². The van der Waals surface area contributed by atoms with Crippen molar-refractivity contribution in [3.8, 4) is 11.5 Å². The second-order valence-corrected chi connectivity index (χ2v) is 5.83. The van der Waals surface area contributed by atoms with Gasteiger partial charge in [-0.1, -0.05) is 30.3 Å². The highest BCUT2D eigenvalue weighted by Crippen LogP contribution is 2.35. The highest BCUT2D eigenvalue weighted by Gasteiger charge is 2.16. The van der Waals surface area contributed by atoms with Crippen LogP contribution in [0.2, 0.25) is 0 Å². The lowest BCUT2D eigenvalue weighted by Crippen LogP contribution is -2.28. The zero-order chi connectivity index (χ0) is 18.2. The van der Waals surface area contributed by atoms with Crippen molar-refractivity contribution in [2.24, 2.45) is 0 Å². The van der Waals surface area contributed by atoms with Gasteiger partial charge >= 0.3 is 5.97 Å². The predicted molar refractivity (Wildman–Crippen MR) is 95.8 cm³/mol. The molecule has 0 aliphatic rings. The van der Waals surface area contributed by atoms with E-state index in [4.69, 9.17) is 14.2 Å². The SMILES string of the molecule is COc1cc(C(=O)OCC(=O)NCc2ccccc2)cc(OC)c1Br. The lowest BCUT2D eigenvalue weighted by atomic mass is 10.2. The van der Waals surface area contributed by atoms with Crippen LogP contribution in [0.15, 0.2) is 46.9 Å². The molecule has 0 unspecified atom stereocenters. The van der Waals surface area contributed by atoms with Gasteiger partial charge in [-0.05, 0) is 33.6 Å². The Hall–Kier alpha value is -2.54. The first-order valence-corrected chi connectivity index (χ1v) is 8.23. The number of hydrogen-bond donors (Lipinski definition) is 1. The topological polar surface area (TPSA) is 73.9 Å². The zero-order valence-electron chi connectivity index (χ0n) is 13.9. The third-order valence-electron chi connectivity index (χ3n) is 3.35. The number of halogens is 1. The Morgan fingerprint density at radius 2 is 1.64 bits per heavy atom. The average Bonchev–Trinajstić information content (AvgIpc) is 2.65. The molecular weight excluding hydrogens is 390 g/mol. The summed E-state index contributed by atoms with van der Waals surface area (Å²) in [6.07, 6.45) is 0. The Balaban J connectivity index is 1.92. The van der Waals surface area contributed by atoms with Crippen LogP contribution in [-0.2, 0) is 16.1 Å². The van der Waals surface area contributed by atoms with Gasteiger partial charge in [0.05, 0.1) is 19.8 Å². The van der Waals surface area contributed by atoms with Crippen molar-refractivity contribution in [3.05, 3.63) is 58.1 Å². The fraction of sp³-hybridized carbons (Fsp3) is 0.222. The molecule has 0 saturated heterocycles. The number of rotatable bonds is 7. The highest BCUT2D eigenvalue weighted by atomic mass is 79.9. The minimum absolute atomic E-state index is 0.229. The van der Waals surface area contributed by atoms with Gasteiger partial charge in [0, 0.05) is 6.54 Å². The summed E-state index contributed by atoms with van der Waals surface area (Å²) in [6, 6.07) is 12.5. The molecule has 0 heterocycles. The molecule has 0 radical (unpaired) electrons. The predicted octanol–water partition coefficient (Wildman–Crippen LogP) is 2.94. The van der Waals surface area contributed by atoms with Crippen LogP contribution < -0.4 is 14.8 Å². The minimum Gasteiger partial charge on any atom is -0.495 e.